The molecule has 1 nitrogen and oxygen atoms in total. The third-order valence-corrected chi connectivity index (χ3v) is 2.40. The molecule has 1 heteroatoms. The van der Waals surface area contributed by atoms with Crippen molar-refractivity contribution in [3.63, 3.8) is 0 Å². The van der Waals surface area contributed by atoms with E-state index < -0.39 is 0 Å². The topological polar surface area (TPSA) is 17.1 Å². The van der Waals surface area contributed by atoms with E-state index in [0.29, 0.717) is 5.78 Å². The molecule has 0 amide bonds. The fraction of sp³-hybridized carbons (Fsp3) is 0.500. The van der Waals surface area contributed by atoms with E-state index in [-0.39, 0.29) is 0 Å². The molecule has 0 atom stereocenters. The number of Topliss-reactive ketones (excluding diaryl/α,β-unsaturated/α-hetero) is 1. The smallest absolute Gasteiger partial charge is 0.162 e. The molecule has 1 saturated carbocycles. The van der Waals surface area contributed by atoms with Gasteiger partial charge in [0.25, 0.3) is 0 Å². The molecule has 1 fully saturated rings. The molecule has 0 aliphatic heterocycles. The van der Waals surface area contributed by atoms with E-state index in [1.807, 2.05) is 0 Å². The van der Waals surface area contributed by atoms with Gasteiger partial charge in [-0.15, -0.1) is 0 Å². The van der Waals surface area contributed by atoms with Crippen LogP contribution in [-0.4, -0.2) is 5.78 Å². The number of carbonyl (C=O) groups is 1. The molecule has 0 bridgehead atoms. The van der Waals surface area contributed by atoms with Gasteiger partial charge in [-0.1, -0.05) is 12.2 Å². The summed E-state index contributed by atoms with van der Waals surface area (Å²) in [4.78, 5) is 11.3. The minimum atomic E-state index is 0.363. The SMILES string of the molecule is O=C1CCCC2=CCCC=C12. The number of hydrogen-bond donors (Lipinski definition) is 0. The fourth-order valence-electron chi connectivity index (χ4n) is 1.83. The van der Waals surface area contributed by atoms with Crippen LogP contribution in [0.3, 0.4) is 0 Å². The van der Waals surface area contributed by atoms with Crippen molar-refractivity contribution in [2.24, 2.45) is 0 Å². The van der Waals surface area contributed by atoms with Crippen molar-refractivity contribution in [3.05, 3.63) is 23.3 Å². The van der Waals surface area contributed by atoms with E-state index in [1.165, 1.54) is 5.57 Å². The zero-order valence-electron chi connectivity index (χ0n) is 6.60. The summed E-state index contributed by atoms with van der Waals surface area (Å²) in [6.07, 6.45) is 9.47. The van der Waals surface area contributed by atoms with Crippen molar-refractivity contribution in [3.8, 4) is 0 Å². The molecule has 0 aromatic carbocycles. The van der Waals surface area contributed by atoms with Gasteiger partial charge in [0.2, 0.25) is 0 Å². The largest absolute Gasteiger partial charge is 0.294 e. The molecule has 0 N–H and O–H groups in total. The van der Waals surface area contributed by atoms with Gasteiger partial charge in [0, 0.05) is 12.0 Å². The first kappa shape index (κ1) is 6.84. The minimum Gasteiger partial charge on any atom is -0.294 e. The quantitative estimate of drug-likeness (QED) is 0.515. The summed E-state index contributed by atoms with van der Waals surface area (Å²) < 4.78 is 0. The van der Waals surface area contributed by atoms with Crippen LogP contribution in [0, 0.1) is 0 Å². The van der Waals surface area contributed by atoms with Crippen molar-refractivity contribution < 1.29 is 4.79 Å². The lowest BCUT2D eigenvalue weighted by atomic mass is 9.84. The maximum absolute atomic E-state index is 11.3. The summed E-state index contributed by atoms with van der Waals surface area (Å²) in [5, 5.41) is 0. The average Bonchev–Trinajstić information content (AvgIpc) is 2.06. The van der Waals surface area contributed by atoms with Crippen molar-refractivity contribution in [2.45, 2.75) is 32.1 Å². The summed E-state index contributed by atoms with van der Waals surface area (Å²) in [5.74, 6) is 0.363. The number of carbonyl (C=O) groups excluding carboxylic acids is 1. The first-order valence-electron chi connectivity index (χ1n) is 4.31. The molecule has 0 unspecified atom stereocenters. The van der Waals surface area contributed by atoms with Crippen LogP contribution in [0.15, 0.2) is 23.3 Å². The maximum Gasteiger partial charge on any atom is 0.162 e. The Labute approximate surface area is 66.8 Å². The molecule has 0 saturated heterocycles. The molecule has 0 aromatic rings. The summed E-state index contributed by atoms with van der Waals surface area (Å²) >= 11 is 0. The highest BCUT2D eigenvalue weighted by molar-refractivity contribution is 6.00. The maximum atomic E-state index is 11.3. The molecular formula is C10H12O. The predicted molar refractivity (Wildman–Crippen MR) is 44.3 cm³/mol. The van der Waals surface area contributed by atoms with Gasteiger partial charge in [-0.05, 0) is 31.3 Å². The van der Waals surface area contributed by atoms with Gasteiger partial charge < -0.3 is 0 Å². The molecule has 0 spiro atoms. The van der Waals surface area contributed by atoms with Crippen LogP contribution >= 0.6 is 0 Å². The number of hydrogen-bond acceptors (Lipinski definition) is 1. The van der Waals surface area contributed by atoms with Gasteiger partial charge >= 0.3 is 0 Å². The van der Waals surface area contributed by atoms with Crippen LogP contribution in [0.5, 0.6) is 0 Å². The van der Waals surface area contributed by atoms with Gasteiger partial charge in [-0.3, -0.25) is 4.79 Å². The van der Waals surface area contributed by atoms with E-state index in [4.69, 9.17) is 0 Å². The summed E-state index contributed by atoms with van der Waals surface area (Å²) in [7, 11) is 0. The van der Waals surface area contributed by atoms with E-state index in [1.54, 1.807) is 0 Å². The summed E-state index contributed by atoms with van der Waals surface area (Å²) in [6, 6.07) is 0. The molecule has 0 radical (unpaired) electrons. The number of rotatable bonds is 0. The van der Waals surface area contributed by atoms with E-state index in [2.05, 4.69) is 12.2 Å². The van der Waals surface area contributed by atoms with Gasteiger partial charge in [-0.2, -0.15) is 0 Å². The zero-order chi connectivity index (χ0) is 7.68. The lowest BCUT2D eigenvalue weighted by Crippen LogP contribution is -2.12. The van der Waals surface area contributed by atoms with Crippen LogP contribution in [0.1, 0.15) is 32.1 Å². The van der Waals surface area contributed by atoms with Crippen LogP contribution in [0.2, 0.25) is 0 Å². The Kier molecular flexibility index (Phi) is 1.65. The normalized spacial score (nSPS) is 23.8. The number of allylic oxidation sites excluding steroid dienone is 4. The van der Waals surface area contributed by atoms with E-state index in [9.17, 15) is 4.79 Å². The fourth-order valence-corrected chi connectivity index (χ4v) is 1.83. The third-order valence-electron chi connectivity index (χ3n) is 2.40. The number of fused-ring (bicyclic) bond motifs is 1. The molecular weight excluding hydrogens is 136 g/mol. The van der Waals surface area contributed by atoms with Crippen molar-refractivity contribution in [1.29, 1.82) is 0 Å². The average molecular weight is 148 g/mol. The Morgan fingerprint density at radius 2 is 1.91 bits per heavy atom. The van der Waals surface area contributed by atoms with Gasteiger partial charge in [0.1, 0.15) is 0 Å². The molecule has 0 aromatic heterocycles. The highest BCUT2D eigenvalue weighted by atomic mass is 16.1. The van der Waals surface area contributed by atoms with E-state index >= 15 is 0 Å². The number of ketones is 1. The molecule has 11 heavy (non-hydrogen) atoms. The van der Waals surface area contributed by atoms with Crippen molar-refractivity contribution in [1.82, 2.24) is 0 Å². The second kappa shape index (κ2) is 2.65. The van der Waals surface area contributed by atoms with Gasteiger partial charge in [-0.25, -0.2) is 0 Å². The lowest BCUT2D eigenvalue weighted by molar-refractivity contribution is -0.115. The Balaban J connectivity index is 2.31. The molecule has 2 aliphatic carbocycles. The lowest BCUT2D eigenvalue weighted by Gasteiger charge is -2.19. The Bertz CT molecular complexity index is 246. The first-order valence-corrected chi connectivity index (χ1v) is 4.31. The first-order chi connectivity index (χ1) is 5.38. The second-order valence-electron chi connectivity index (χ2n) is 3.20. The monoisotopic (exact) mass is 148 g/mol. The minimum absolute atomic E-state index is 0.363. The van der Waals surface area contributed by atoms with Crippen LogP contribution in [0.25, 0.3) is 0 Å². The molecule has 0 heterocycles. The molecule has 58 valence electrons. The second-order valence-corrected chi connectivity index (χ2v) is 3.20. The standard InChI is InChI=1S/C10H12O/c11-10-7-3-5-8-4-1-2-6-9(8)10/h4,6H,1-3,5,7H2. The van der Waals surface area contributed by atoms with Gasteiger partial charge in [0.15, 0.2) is 5.78 Å². The molecule has 2 aliphatic rings. The van der Waals surface area contributed by atoms with Crippen molar-refractivity contribution in [2.75, 3.05) is 0 Å². The molecule has 2 rings (SSSR count). The van der Waals surface area contributed by atoms with Crippen LogP contribution < -0.4 is 0 Å². The Morgan fingerprint density at radius 3 is 2.73 bits per heavy atom. The third kappa shape index (κ3) is 1.15. The predicted octanol–water partition coefficient (Wildman–Crippen LogP) is 2.39. The van der Waals surface area contributed by atoms with Gasteiger partial charge in [0.05, 0.1) is 0 Å². The highest BCUT2D eigenvalue weighted by Crippen LogP contribution is 2.29. The van der Waals surface area contributed by atoms with Crippen LogP contribution in [-0.2, 0) is 4.79 Å². The van der Waals surface area contributed by atoms with Crippen molar-refractivity contribution >= 4 is 5.78 Å². The summed E-state index contributed by atoms with van der Waals surface area (Å²) in [6.45, 7) is 0. The zero-order valence-corrected chi connectivity index (χ0v) is 6.60. The Hall–Kier alpha value is -0.850. The van der Waals surface area contributed by atoms with E-state index in [0.717, 1.165) is 37.7 Å². The summed E-state index contributed by atoms with van der Waals surface area (Å²) in [5.41, 5.74) is 2.34. The van der Waals surface area contributed by atoms with Crippen LogP contribution in [0.4, 0.5) is 0 Å². The highest BCUT2D eigenvalue weighted by Gasteiger charge is 2.20. The Morgan fingerprint density at radius 1 is 1.09 bits per heavy atom.